The van der Waals surface area contributed by atoms with Crippen LogP contribution in [-0.2, 0) is 19.1 Å². The first-order valence-electron chi connectivity index (χ1n) is 13.8. The van der Waals surface area contributed by atoms with Crippen molar-refractivity contribution < 1.29 is 19.1 Å². The highest BCUT2D eigenvalue weighted by Gasteiger charge is 2.07. The van der Waals surface area contributed by atoms with Gasteiger partial charge in [-0.15, -0.1) is 11.8 Å². The Morgan fingerprint density at radius 1 is 0.515 bits per heavy atom. The number of unbranched alkanes of at least 4 members (excludes halogenated alkanes) is 12. The highest BCUT2D eigenvalue weighted by atomic mass is 32.2. The molecule has 0 amide bonds. The molecule has 0 unspecified atom stereocenters. The average Bonchev–Trinajstić information content (AvgIpc) is 2.75. The Morgan fingerprint density at radius 3 is 1.15 bits per heavy atom. The molecule has 0 saturated heterocycles. The van der Waals surface area contributed by atoms with Crippen LogP contribution in [0.1, 0.15) is 130 Å². The van der Waals surface area contributed by atoms with E-state index in [9.17, 15) is 9.59 Å². The van der Waals surface area contributed by atoms with E-state index in [1.165, 1.54) is 88.8 Å². The fraction of sp³-hybridized carbons (Fsp3) is 0.929. The third kappa shape index (κ3) is 27.4. The van der Waals surface area contributed by atoms with Gasteiger partial charge >= 0.3 is 11.9 Å². The summed E-state index contributed by atoms with van der Waals surface area (Å²) in [6, 6.07) is 0. The van der Waals surface area contributed by atoms with E-state index >= 15 is 0 Å². The van der Waals surface area contributed by atoms with Crippen molar-refractivity contribution in [1.82, 2.24) is 0 Å². The maximum Gasteiger partial charge on any atom is 0.315 e. The van der Waals surface area contributed by atoms with Gasteiger partial charge < -0.3 is 9.47 Å². The summed E-state index contributed by atoms with van der Waals surface area (Å²) < 4.78 is 10.5. The highest BCUT2D eigenvalue weighted by molar-refractivity contribution is 8.00. The number of hydrogen-bond acceptors (Lipinski definition) is 5. The van der Waals surface area contributed by atoms with E-state index in [0.717, 1.165) is 37.5 Å². The van der Waals surface area contributed by atoms with Crippen LogP contribution in [0.5, 0.6) is 0 Å². The maximum atomic E-state index is 11.8. The molecule has 0 aliphatic heterocycles. The zero-order valence-corrected chi connectivity index (χ0v) is 23.2. The summed E-state index contributed by atoms with van der Waals surface area (Å²) in [6.07, 6.45) is 19.8. The fourth-order valence-corrected chi connectivity index (χ4v) is 4.35. The average molecular weight is 487 g/mol. The summed E-state index contributed by atoms with van der Waals surface area (Å²) in [6.45, 7) is 10.1. The SMILES string of the molecule is CC(C)CCCCCCCCCOC(=O)CSCC(=O)OCCCCCCCCCC(C)C. The van der Waals surface area contributed by atoms with Gasteiger partial charge in [0.05, 0.1) is 24.7 Å². The lowest BCUT2D eigenvalue weighted by Crippen LogP contribution is -2.13. The molecular formula is C28H54O4S. The Kier molecular flexibility index (Phi) is 23.9. The van der Waals surface area contributed by atoms with Crippen molar-refractivity contribution in [2.75, 3.05) is 24.7 Å². The fourth-order valence-electron chi connectivity index (χ4n) is 3.75. The lowest BCUT2D eigenvalue weighted by molar-refractivity contribution is -0.140. The molecule has 0 fully saturated rings. The lowest BCUT2D eigenvalue weighted by Gasteiger charge is -2.07. The molecule has 0 N–H and O–H groups in total. The quantitative estimate of drug-likeness (QED) is 0.101. The summed E-state index contributed by atoms with van der Waals surface area (Å²) in [5, 5.41) is 0. The molecule has 0 heterocycles. The monoisotopic (exact) mass is 486 g/mol. The Bertz CT molecular complexity index is 411. The molecule has 0 spiro atoms. The number of hydrogen-bond donors (Lipinski definition) is 0. The van der Waals surface area contributed by atoms with Crippen molar-refractivity contribution in [3.63, 3.8) is 0 Å². The number of rotatable bonds is 24. The van der Waals surface area contributed by atoms with Crippen molar-refractivity contribution in [3.05, 3.63) is 0 Å². The van der Waals surface area contributed by atoms with Crippen LogP contribution in [-0.4, -0.2) is 36.7 Å². The van der Waals surface area contributed by atoms with Gasteiger partial charge in [-0.05, 0) is 24.7 Å². The van der Waals surface area contributed by atoms with E-state index in [2.05, 4.69) is 27.7 Å². The Morgan fingerprint density at radius 2 is 0.818 bits per heavy atom. The number of esters is 2. The topological polar surface area (TPSA) is 52.6 Å². The first-order valence-corrected chi connectivity index (χ1v) is 15.0. The van der Waals surface area contributed by atoms with Crippen molar-refractivity contribution >= 4 is 23.7 Å². The molecule has 33 heavy (non-hydrogen) atoms. The van der Waals surface area contributed by atoms with Gasteiger partial charge in [0.2, 0.25) is 0 Å². The van der Waals surface area contributed by atoms with E-state index in [4.69, 9.17) is 9.47 Å². The molecule has 0 aromatic heterocycles. The first-order chi connectivity index (χ1) is 15.9. The minimum atomic E-state index is -0.227. The number of ether oxygens (including phenoxy) is 2. The van der Waals surface area contributed by atoms with Crippen LogP contribution < -0.4 is 0 Å². The molecule has 5 heteroatoms. The molecule has 0 aliphatic rings. The minimum Gasteiger partial charge on any atom is -0.465 e. The Hall–Kier alpha value is -0.710. The second-order valence-corrected chi connectivity index (χ2v) is 11.2. The standard InChI is InChI=1S/C28H54O4S/c1-25(2)19-15-11-7-5-9-13-17-21-31-27(29)23-33-24-28(30)32-22-18-14-10-6-8-12-16-20-26(3)4/h25-26H,5-24H2,1-4H3. The third-order valence-electron chi connectivity index (χ3n) is 5.82. The van der Waals surface area contributed by atoms with Crippen LogP contribution in [0, 0.1) is 11.8 Å². The van der Waals surface area contributed by atoms with E-state index < -0.39 is 0 Å². The van der Waals surface area contributed by atoms with Gasteiger partial charge in [0, 0.05) is 0 Å². The van der Waals surface area contributed by atoms with Crippen LogP contribution in [0.4, 0.5) is 0 Å². The minimum absolute atomic E-state index is 0.224. The smallest absolute Gasteiger partial charge is 0.315 e. The lowest BCUT2D eigenvalue weighted by atomic mass is 10.0. The molecule has 0 saturated carbocycles. The number of carbonyl (C=O) groups is 2. The molecule has 0 aromatic carbocycles. The van der Waals surface area contributed by atoms with Crippen molar-refractivity contribution in [3.8, 4) is 0 Å². The van der Waals surface area contributed by atoms with Crippen LogP contribution in [0.3, 0.4) is 0 Å². The maximum absolute atomic E-state index is 11.8. The zero-order chi connectivity index (χ0) is 24.6. The van der Waals surface area contributed by atoms with Gasteiger partial charge in [-0.1, -0.05) is 118 Å². The molecule has 0 rings (SSSR count). The molecule has 0 bridgehead atoms. The third-order valence-corrected chi connectivity index (χ3v) is 6.70. The zero-order valence-electron chi connectivity index (χ0n) is 22.3. The van der Waals surface area contributed by atoms with Crippen LogP contribution in [0.15, 0.2) is 0 Å². The second-order valence-electron chi connectivity index (χ2n) is 10.2. The summed E-state index contributed by atoms with van der Waals surface area (Å²) in [4.78, 5) is 23.5. The largest absolute Gasteiger partial charge is 0.465 e. The normalized spacial score (nSPS) is 11.3. The highest BCUT2D eigenvalue weighted by Crippen LogP contribution is 2.13. The molecule has 4 nitrogen and oxygen atoms in total. The number of carbonyl (C=O) groups excluding carboxylic acids is 2. The Balaban J connectivity index is 3.32. The molecular weight excluding hydrogens is 432 g/mol. The summed E-state index contributed by atoms with van der Waals surface area (Å²) in [5.74, 6) is 1.63. The predicted octanol–water partition coefficient (Wildman–Crippen LogP) is 8.36. The molecule has 0 atom stereocenters. The van der Waals surface area contributed by atoms with Gasteiger partial charge in [0.25, 0.3) is 0 Å². The summed E-state index contributed by atoms with van der Waals surface area (Å²) in [5.41, 5.74) is 0. The molecule has 0 aromatic rings. The van der Waals surface area contributed by atoms with E-state index in [-0.39, 0.29) is 23.4 Å². The van der Waals surface area contributed by atoms with Gasteiger partial charge in [-0.2, -0.15) is 0 Å². The molecule has 196 valence electrons. The first kappa shape index (κ1) is 32.3. The van der Waals surface area contributed by atoms with Gasteiger partial charge in [-0.3, -0.25) is 9.59 Å². The molecule has 0 radical (unpaired) electrons. The van der Waals surface area contributed by atoms with Crippen LogP contribution in [0.25, 0.3) is 0 Å². The van der Waals surface area contributed by atoms with E-state index in [1.54, 1.807) is 0 Å². The second kappa shape index (κ2) is 24.4. The van der Waals surface area contributed by atoms with E-state index in [0.29, 0.717) is 13.2 Å². The van der Waals surface area contributed by atoms with Crippen molar-refractivity contribution in [2.45, 2.75) is 130 Å². The predicted molar refractivity (Wildman–Crippen MR) is 143 cm³/mol. The van der Waals surface area contributed by atoms with Crippen LogP contribution >= 0.6 is 11.8 Å². The van der Waals surface area contributed by atoms with Crippen molar-refractivity contribution in [2.24, 2.45) is 11.8 Å². The summed E-state index contributed by atoms with van der Waals surface area (Å²) in [7, 11) is 0. The van der Waals surface area contributed by atoms with Crippen LogP contribution in [0.2, 0.25) is 0 Å². The van der Waals surface area contributed by atoms with E-state index in [1.807, 2.05) is 0 Å². The Labute approximate surface area is 209 Å². The van der Waals surface area contributed by atoms with Crippen molar-refractivity contribution in [1.29, 1.82) is 0 Å². The van der Waals surface area contributed by atoms with Gasteiger partial charge in [-0.25, -0.2) is 0 Å². The summed E-state index contributed by atoms with van der Waals surface area (Å²) >= 11 is 1.28. The van der Waals surface area contributed by atoms with Gasteiger partial charge in [0.1, 0.15) is 0 Å². The number of thioether (sulfide) groups is 1. The van der Waals surface area contributed by atoms with Gasteiger partial charge in [0.15, 0.2) is 0 Å². The molecule has 0 aliphatic carbocycles.